The van der Waals surface area contributed by atoms with E-state index >= 15 is 0 Å². The third-order valence-corrected chi connectivity index (χ3v) is 4.25. The first-order valence-corrected chi connectivity index (χ1v) is 8.49. The van der Waals surface area contributed by atoms with Crippen molar-refractivity contribution in [3.63, 3.8) is 0 Å². The fourth-order valence-electron chi connectivity index (χ4n) is 2.73. The highest BCUT2D eigenvalue weighted by atomic mass is 35.5. The Hall–Kier alpha value is -1.30. The summed E-state index contributed by atoms with van der Waals surface area (Å²) in [5.74, 6) is 0.141. The number of hydrogen-bond acceptors (Lipinski definition) is 3. The first-order chi connectivity index (χ1) is 11.0. The number of piperidine rings is 1. The molecule has 0 bridgehead atoms. The van der Waals surface area contributed by atoms with Gasteiger partial charge in [-0.2, -0.15) is 0 Å². The molecule has 2 amide bonds. The van der Waals surface area contributed by atoms with Crippen molar-refractivity contribution in [1.82, 2.24) is 10.6 Å². The minimum Gasteiger partial charge on any atom is -0.356 e. The van der Waals surface area contributed by atoms with Gasteiger partial charge < -0.3 is 16.0 Å². The van der Waals surface area contributed by atoms with Crippen LogP contribution < -0.4 is 16.0 Å². The Morgan fingerprint density at radius 3 is 2.67 bits per heavy atom. The quantitative estimate of drug-likeness (QED) is 0.671. The molecule has 1 saturated heterocycles. The molecule has 2 rings (SSSR count). The second-order valence-corrected chi connectivity index (χ2v) is 6.46. The van der Waals surface area contributed by atoms with Crippen molar-refractivity contribution in [2.45, 2.75) is 38.6 Å². The van der Waals surface area contributed by atoms with Crippen LogP contribution in [-0.4, -0.2) is 30.9 Å². The number of halogens is 2. The molecule has 1 aromatic carbocycles. The normalized spacial score (nSPS) is 19.9. The fraction of sp³-hybridized carbons (Fsp3) is 0.529. The van der Waals surface area contributed by atoms with Crippen molar-refractivity contribution >= 4 is 41.5 Å². The van der Waals surface area contributed by atoms with Crippen molar-refractivity contribution < 1.29 is 9.59 Å². The van der Waals surface area contributed by atoms with Gasteiger partial charge in [-0.3, -0.25) is 9.59 Å². The molecule has 0 aromatic heterocycles. The molecule has 0 aliphatic carbocycles. The maximum absolute atomic E-state index is 12.1. The van der Waals surface area contributed by atoms with Gasteiger partial charge in [0.25, 0.3) is 0 Å². The maximum Gasteiger partial charge on any atom is 0.224 e. The second-order valence-electron chi connectivity index (χ2n) is 6.03. The molecule has 0 radical (unpaired) electrons. The smallest absolute Gasteiger partial charge is 0.224 e. The van der Waals surface area contributed by atoms with Crippen LogP contribution in [0.25, 0.3) is 0 Å². The molecule has 3 N–H and O–H groups in total. The fourth-order valence-corrected chi connectivity index (χ4v) is 2.86. The third-order valence-electron chi connectivity index (χ3n) is 4.00. The minimum atomic E-state index is -0.0583. The third kappa shape index (κ3) is 7.07. The first-order valence-electron chi connectivity index (χ1n) is 8.11. The van der Waals surface area contributed by atoms with Crippen LogP contribution in [0.2, 0.25) is 5.02 Å². The van der Waals surface area contributed by atoms with Gasteiger partial charge >= 0.3 is 0 Å². The van der Waals surface area contributed by atoms with Crippen LogP contribution in [0, 0.1) is 5.92 Å². The van der Waals surface area contributed by atoms with E-state index in [9.17, 15) is 9.59 Å². The number of nitrogens with one attached hydrogen (secondary N) is 3. The van der Waals surface area contributed by atoms with E-state index in [1.807, 2.05) is 0 Å². The summed E-state index contributed by atoms with van der Waals surface area (Å²) >= 11 is 5.80. The van der Waals surface area contributed by atoms with E-state index in [-0.39, 0.29) is 30.1 Å². The van der Waals surface area contributed by atoms with E-state index in [1.165, 1.54) is 0 Å². The summed E-state index contributed by atoms with van der Waals surface area (Å²) in [5, 5.41) is 9.71. The summed E-state index contributed by atoms with van der Waals surface area (Å²) < 4.78 is 0. The lowest BCUT2D eigenvalue weighted by Crippen LogP contribution is -2.42. The molecular weight excluding hydrogens is 349 g/mol. The number of rotatable bonds is 6. The Morgan fingerprint density at radius 2 is 2.00 bits per heavy atom. The standard InChI is InChI=1S/C17H24ClN3O2.ClH/c1-12-11-13(8-10-19-12)17(23)20-9-2-3-16(22)21-15-6-4-14(18)5-7-15;/h4-7,12-13,19H,2-3,8-11H2,1H3,(H,20,23)(H,21,22);1H/t12-,13-;/m0./s1. The number of carbonyl (C=O) groups is 2. The van der Waals surface area contributed by atoms with Gasteiger partial charge in [-0.25, -0.2) is 0 Å². The second kappa shape index (κ2) is 10.5. The molecule has 0 spiro atoms. The van der Waals surface area contributed by atoms with E-state index in [4.69, 9.17) is 11.6 Å². The lowest BCUT2D eigenvalue weighted by atomic mass is 9.92. The average molecular weight is 374 g/mol. The topological polar surface area (TPSA) is 70.2 Å². The van der Waals surface area contributed by atoms with Gasteiger partial charge in [0.2, 0.25) is 11.8 Å². The van der Waals surface area contributed by atoms with Gasteiger partial charge in [-0.05, 0) is 57.0 Å². The lowest BCUT2D eigenvalue weighted by Gasteiger charge is -2.27. The van der Waals surface area contributed by atoms with Crippen LogP contribution in [-0.2, 0) is 9.59 Å². The summed E-state index contributed by atoms with van der Waals surface area (Å²) in [6.45, 7) is 3.52. The van der Waals surface area contributed by atoms with Gasteiger partial charge in [-0.15, -0.1) is 12.4 Å². The molecule has 1 heterocycles. The summed E-state index contributed by atoms with van der Waals surface area (Å²) in [6.07, 6.45) is 2.77. The van der Waals surface area contributed by atoms with Gasteiger partial charge in [0.05, 0.1) is 0 Å². The minimum absolute atomic E-state index is 0. The van der Waals surface area contributed by atoms with Gasteiger partial charge in [0.15, 0.2) is 0 Å². The molecule has 1 fully saturated rings. The molecule has 24 heavy (non-hydrogen) atoms. The molecule has 5 nitrogen and oxygen atoms in total. The molecule has 0 unspecified atom stereocenters. The van der Waals surface area contributed by atoms with Crippen LogP contribution in [0.1, 0.15) is 32.6 Å². The largest absolute Gasteiger partial charge is 0.356 e. The lowest BCUT2D eigenvalue weighted by molar-refractivity contribution is -0.126. The average Bonchev–Trinajstić information content (AvgIpc) is 2.53. The molecule has 2 atom stereocenters. The Kier molecular flexibility index (Phi) is 9.11. The maximum atomic E-state index is 12.1. The zero-order valence-corrected chi connectivity index (χ0v) is 15.4. The Bertz CT molecular complexity index is 537. The molecule has 134 valence electrons. The Morgan fingerprint density at radius 1 is 1.29 bits per heavy atom. The number of carbonyl (C=O) groups excluding carboxylic acids is 2. The first kappa shape index (κ1) is 20.7. The van der Waals surface area contributed by atoms with E-state index in [0.29, 0.717) is 30.5 Å². The highest BCUT2D eigenvalue weighted by molar-refractivity contribution is 6.30. The zero-order valence-electron chi connectivity index (χ0n) is 13.8. The van der Waals surface area contributed by atoms with Crippen LogP contribution in [0.15, 0.2) is 24.3 Å². The molecule has 7 heteroatoms. The molecule has 1 aliphatic rings. The number of amides is 2. The van der Waals surface area contributed by atoms with E-state index < -0.39 is 0 Å². The molecule has 1 aromatic rings. The summed E-state index contributed by atoms with van der Waals surface area (Å²) in [5.41, 5.74) is 0.729. The summed E-state index contributed by atoms with van der Waals surface area (Å²) in [7, 11) is 0. The van der Waals surface area contributed by atoms with Crippen molar-refractivity contribution in [3.8, 4) is 0 Å². The monoisotopic (exact) mass is 373 g/mol. The Balaban J connectivity index is 0.00000288. The van der Waals surface area contributed by atoms with Crippen LogP contribution in [0.5, 0.6) is 0 Å². The van der Waals surface area contributed by atoms with Crippen LogP contribution in [0.3, 0.4) is 0 Å². The van der Waals surface area contributed by atoms with Gasteiger partial charge in [-0.1, -0.05) is 11.6 Å². The zero-order chi connectivity index (χ0) is 16.7. The van der Waals surface area contributed by atoms with Crippen molar-refractivity contribution in [1.29, 1.82) is 0 Å². The van der Waals surface area contributed by atoms with Gasteiger partial charge in [0.1, 0.15) is 0 Å². The summed E-state index contributed by atoms with van der Waals surface area (Å²) in [6, 6.07) is 7.39. The van der Waals surface area contributed by atoms with E-state index in [2.05, 4.69) is 22.9 Å². The Labute approximate surface area is 154 Å². The molecule has 1 aliphatic heterocycles. The number of anilines is 1. The van der Waals surface area contributed by atoms with Crippen LogP contribution in [0.4, 0.5) is 5.69 Å². The number of hydrogen-bond donors (Lipinski definition) is 3. The molecule has 0 saturated carbocycles. The van der Waals surface area contributed by atoms with Crippen molar-refractivity contribution in [2.75, 3.05) is 18.4 Å². The predicted octanol–water partition coefficient (Wildman–Crippen LogP) is 2.98. The SMILES string of the molecule is C[C@H]1C[C@@H](C(=O)NCCCC(=O)Nc2ccc(Cl)cc2)CCN1.Cl. The van der Waals surface area contributed by atoms with Crippen molar-refractivity contribution in [2.24, 2.45) is 5.92 Å². The number of benzene rings is 1. The highest BCUT2D eigenvalue weighted by Crippen LogP contribution is 2.16. The summed E-state index contributed by atoms with van der Waals surface area (Å²) in [4.78, 5) is 23.9. The highest BCUT2D eigenvalue weighted by Gasteiger charge is 2.24. The molecular formula is C17H25Cl2N3O2. The van der Waals surface area contributed by atoms with E-state index in [0.717, 1.165) is 25.1 Å². The predicted molar refractivity (Wildman–Crippen MR) is 99.8 cm³/mol. The van der Waals surface area contributed by atoms with Crippen LogP contribution >= 0.6 is 24.0 Å². The van der Waals surface area contributed by atoms with Gasteiger partial charge in [0, 0.05) is 35.6 Å². The van der Waals surface area contributed by atoms with Crippen molar-refractivity contribution in [3.05, 3.63) is 29.3 Å². The van der Waals surface area contributed by atoms with E-state index in [1.54, 1.807) is 24.3 Å².